The van der Waals surface area contributed by atoms with E-state index in [-0.39, 0.29) is 24.1 Å². The summed E-state index contributed by atoms with van der Waals surface area (Å²) < 4.78 is 3.35. The molecule has 0 atom stereocenters. The summed E-state index contributed by atoms with van der Waals surface area (Å²) in [5, 5.41) is 8.95. The molecule has 1 N–H and O–H groups in total. The van der Waals surface area contributed by atoms with E-state index < -0.39 is 0 Å². The zero-order valence-electron chi connectivity index (χ0n) is 16.4. The maximum absolute atomic E-state index is 13.1. The molecule has 2 heterocycles. The molecule has 6 nitrogen and oxygen atoms in total. The number of para-hydroxylation sites is 1. The van der Waals surface area contributed by atoms with Crippen LogP contribution in [0, 0.1) is 13.8 Å². The van der Waals surface area contributed by atoms with Crippen LogP contribution in [0.15, 0.2) is 41.3 Å². The minimum atomic E-state index is -0.157. The summed E-state index contributed by atoms with van der Waals surface area (Å²) in [5.41, 5.74) is 2.28. The average molecular weight is 378 g/mol. The van der Waals surface area contributed by atoms with Gasteiger partial charge in [-0.2, -0.15) is 9.78 Å². The molecule has 146 valence electrons. The molecule has 1 aromatic carbocycles. The van der Waals surface area contributed by atoms with Crippen LogP contribution in [0.25, 0.3) is 16.5 Å². The Morgan fingerprint density at radius 1 is 1.11 bits per heavy atom. The quantitative estimate of drug-likeness (QED) is 0.758. The lowest BCUT2D eigenvalue weighted by atomic mass is 9.95. The van der Waals surface area contributed by atoms with E-state index in [1.165, 1.54) is 23.9 Å². The number of carbonyl (C=O) groups is 1. The Morgan fingerprint density at radius 2 is 1.82 bits per heavy atom. The minimum Gasteiger partial charge on any atom is -0.352 e. The molecule has 0 unspecified atom stereocenters. The van der Waals surface area contributed by atoms with E-state index in [0.717, 1.165) is 35.3 Å². The van der Waals surface area contributed by atoms with E-state index in [4.69, 9.17) is 0 Å². The third-order valence-electron chi connectivity index (χ3n) is 5.81. The van der Waals surface area contributed by atoms with Gasteiger partial charge in [0.2, 0.25) is 5.91 Å². The SMILES string of the molecule is Cc1c2cnn(-c3ccccc3)c(=O)c2c(C)n1CC(=O)NC1CCCCC1. The summed E-state index contributed by atoms with van der Waals surface area (Å²) in [6.07, 6.45) is 7.46. The molecule has 0 saturated heterocycles. The average Bonchev–Trinajstić information content (AvgIpc) is 2.95. The third kappa shape index (κ3) is 3.35. The summed E-state index contributed by atoms with van der Waals surface area (Å²) in [4.78, 5) is 25.7. The summed E-state index contributed by atoms with van der Waals surface area (Å²) in [7, 11) is 0. The first kappa shape index (κ1) is 18.5. The maximum atomic E-state index is 13.1. The lowest BCUT2D eigenvalue weighted by Gasteiger charge is -2.23. The van der Waals surface area contributed by atoms with Crippen molar-refractivity contribution in [3.63, 3.8) is 0 Å². The smallest absolute Gasteiger partial charge is 0.281 e. The second-order valence-corrected chi connectivity index (χ2v) is 7.65. The second-order valence-electron chi connectivity index (χ2n) is 7.65. The van der Waals surface area contributed by atoms with Crippen molar-refractivity contribution in [1.82, 2.24) is 19.7 Å². The van der Waals surface area contributed by atoms with E-state index in [9.17, 15) is 9.59 Å². The lowest BCUT2D eigenvalue weighted by Crippen LogP contribution is -2.38. The van der Waals surface area contributed by atoms with Crippen LogP contribution in [0.4, 0.5) is 0 Å². The third-order valence-corrected chi connectivity index (χ3v) is 5.81. The van der Waals surface area contributed by atoms with Gasteiger partial charge in [0.1, 0.15) is 6.54 Å². The highest BCUT2D eigenvalue weighted by Crippen LogP contribution is 2.23. The molecule has 0 aliphatic heterocycles. The number of nitrogens with zero attached hydrogens (tertiary/aromatic N) is 3. The summed E-state index contributed by atoms with van der Waals surface area (Å²) in [6.45, 7) is 4.07. The highest BCUT2D eigenvalue weighted by molar-refractivity contribution is 5.88. The molecular weight excluding hydrogens is 352 g/mol. The van der Waals surface area contributed by atoms with E-state index in [1.54, 1.807) is 6.20 Å². The molecule has 0 radical (unpaired) electrons. The number of hydrogen-bond acceptors (Lipinski definition) is 3. The van der Waals surface area contributed by atoms with Crippen molar-refractivity contribution in [2.45, 2.75) is 58.5 Å². The molecule has 1 aliphatic carbocycles. The summed E-state index contributed by atoms with van der Waals surface area (Å²) in [5.74, 6) is 0.00903. The van der Waals surface area contributed by atoms with Crippen molar-refractivity contribution in [3.05, 3.63) is 58.3 Å². The van der Waals surface area contributed by atoms with Gasteiger partial charge < -0.3 is 9.88 Å². The molecular formula is C22H26N4O2. The second kappa shape index (κ2) is 7.62. The molecule has 3 aromatic rings. The van der Waals surface area contributed by atoms with E-state index in [2.05, 4.69) is 10.4 Å². The topological polar surface area (TPSA) is 68.9 Å². The summed E-state index contributed by atoms with van der Waals surface area (Å²) >= 11 is 0. The molecule has 1 aliphatic rings. The van der Waals surface area contributed by atoms with Gasteiger partial charge in [-0.25, -0.2) is 0 Å². The number of amides is 1. The minimum absolute atomic E-state index is 0.00903. The number of carbonyl (C=O) groups excluding carboxylic acids is 1. The number of fused-ring (bicyclic) bond motifs is 1. The predicted octanol–water partition coefficient (Wildman–Crippen LogP) is 3.25. The lowest BCUT2D eigenvalue weighted by molar-refractivity contribution is -0.122. The highest BCUT2D eigenvalue weighted by Gasteiger charge is 2.20. The van der Waals surface area contributed by atoms with Crippen LogP contribution in [-0.4, -0.2) is 26.3 Å². The molecule has 1 amide bonds. The maximum Gasteiger partial charge on any atom is 0.281 e. The largest absolute Gasteiger partial charge is 0.352 e. The van der Waals surface area contributed by atoms with Crippen molar-refractivity contribution in [1.29, 1.82) is 0 Å². The molecule has 0 spiro atoms. The Kier molecular flexibility index (Phi) is 5.03. The summed E-state index contributed by atoms with van der Waals surface area (Å²) in [6, 6.07) is 9.67. The fraction of sp³-hybridized carbons (Fsp3) is 0.409. The van der Waals surface area contributed by atoms with Crippen LogP contribution in [0.5, 0.6) is 0 Å². The van der Waals surface area contributed by atoms with Gasteiger partial charge in [-0.3, -0.25) is 9.59 Å². The molecule has 1 fully saturated rings. The zero-order chi connectivity index (χ0) is 19.7. The van der Waals surface area contributed by atoms with Gasteiger partial charge in [0.15, 0.2) is 0 Å². The predicted molar refractivity (Wildman–Crippen MR) is 110 cm³/mol. The van der Waals surface area contributed by atoms with Crippen LogP contribution in [0.3, 0.4) is 0 Å². The number of nitrogens with one attached hydrogen (secondary N) is 1. The van der Waals surface area contributed by atoms with Gasteiger partial charge in [0.05, 0.1) is 17.3 Å². The first-order valence-corrected chi connectivity index (χ1v) is 9.99. The zero-order valence-corrected chi connectivity index (χ0v) is 16.4. The van der Waals surface area contributed by atoms with Crippen molar-refractivity contribution in [2.75, 3.05) is 0 Å². The van der Waals surface area contributed by atoms with Crippen LogP contribution >= 0.6 is 0 Å². The number of aromatic nitrogens is 3. The fourth-order valence-electron chi connectivity index (χ4n) is 4.26. The molecule has 1 saturated carbocycles. The molecule has 2 aromatic heterocycles. The number of aryl methyl sites for hydroxylation is 2. The number of rotatable bonds is 4. The van der Waals surface area contributed by atoms with Crippen LogP contribution in [0.1, 0.15) is 43.5 Å². The number of hydrogen-bond donors (Lipinski definition) is 1. The van der Waals surface area contributed by atoms with Gasteiger partial charge in [0.25, 0.3) is 5.56 Å². The van der Waals surface area contributed by atoms with E-state index >= 15 is 0 Å². The fourth-order valence-corrected chi connectivity index (χ4v) is 4.26. The monoisotopic (exact) mass is 378 g/mol. The van der Waals surface area contributed by atoms with Gasteiger partial charge in [-0.15, -0.1) is 0 Å². The molecule has 28 heavy (non-hydrogen) atoms. The van der Waals surface area contributed by atoms with Crippen molar-refractivity contribution >= 4 is 16.7 Å². The van der Waals surface area contributed by atoms with Crippen molar-refractivity contribution in [2.24, 2.45) is 0 Å². The standard InChI is InChI=1S/C22H26N4O2/c1-15-19-13-23-26(18-11-7-4-8-12-18)22(28)21(19)16(2)25(15)14-20(27)24-17-9-5-3-6-10-17/h4,7-8,11-13,17H,3,5-6,9-10,14H2,1-2H3,(H,24,27). The van der Waals surface area contributed by atoms with E-state index in [1.807, 2.05) is 48.7 Å². The van der Waals surface area contributed by atoms with Crippen LogP contribution in [0.2, 0.25) is 0 Å². The Hall–Kier alpha value is -2.89. The normalized spacial score (nSPS) is 15.1. The Labute approximate surface area is 164 Å². The first-order chi connectivity index (χ1) is 13.6. The molecule has 4 rings (SSSR count). The van der Waals surface area contributed by atoms with Gasteiger partial charge >= 0.3 is 0 Å². The Balaban J connectivity index is 1.67. The molecule has 0 bridgehead atoms. The van der Waals surface area contributed by atoms with Crippen LogP contribution < -0.4 is 10.9 Å². The van der Waals surface area contributed by atoms with Crippen LogP contribution in [-0.2, 0) is 11.3 Å². The van der Waals surface area contributed by atoms with Gasteiger partial charge in [-0.1, -0.05) is 37.5 Å². The number of benzene rings is 1. The van der Waals surface area contributed by atoms with Crippen molar-refractivity contribution < 1.29 is 4.79 Å². The molecule has 6 heteroatoms. The van der Waals surface area contributed by atoms with Gasteiger partial charge in [-0.05, 0) is 38.8 Å². The van der Waals surface area contributed by atoms with E-state index in [0.29, 0.717) is 5.39 Å². The Morgan fingerprint density at radius 3 is 2.54 bits per heavy atom. The first-order valence-electron chi connectivity index (χ1n) is 9.99. The Bertz CT molecular complexity index is 1060. The highest BCUT2D eigenvalue weighted by atomic mass is 16.2. The van der Waals surface area contributed by atoms with Gasteiger partial charge in [0, 0.05) is 22.8 Å². The van der Waals surface area contributed by atoms with Crippen molar-refractivity contribution in [3.8, 4) is 5.69 Å².